The van der Waals surface area contributed by atoms with Gasteiger partial charge >= 0.3 is 0 Å². The van der Waals surface area contributed by atoms with E-state index in [9.17, 15) is 4.39 Å². The molecule has 0 bridgehead atoms. The molecule has 0 unspecified atom stereocenters. The van der Waals surface area contributed by atoms with Gasteiger partial charge in [-0.05, 0) is 30.1 Å². The molecule has 0 spiro atoms. The molecule has 1 aromatic carbocycles. The second-order valence-corrected chi connectivity index (χ2v) is 3.69. The molecule has 0 aliphatic rings. The highest BCUT2D eigenvalue weighted by molar-refractivity contribution is 6.31. The molecule has 0 radical (unpaired) electrons. The van der Waals surface area contributed by atoms with Crippen LogP contribution in [0.4, 0.5) is 4.39 Å². The monoisotopic (exact) mass is 224 g/mol. The summed E-state index contributed by atoms with van der Waals surface area (Å²) in [6.07, 6.45) is 2.32. The molecule has 0 saturated carbocycles. The quantitative estimate of drug-likeness (QED) is 0.852. The fourth-order valence-corrected chi connectivity index (χ4v) is 1.73. The first-order valence-electron chi connectivity index (χ1n) is 4.65. The van der Waals surface area contributed by atoms with Gasteiger partial charge in [-0.3, -0.25) is 4.98 Å². The lowest BCUT2D eigenvalue weighted by Gasteiger charge is -2.05. The van der Waals surface area contributed by atoms with E-state index in [1.165, 1.54) is 6.07 Å². The molecule has 0 amide bonds. The van der Waals surface area contributed by atoms with E-state index < -0.39 is 5.82 Å². The van der Waals surface area contributed by atoms with Crippen molar-refractivity contribution in [1.29, 1.82) is 0 Å². The van der Waals surface area contributed by atoms with Crippen LogP contribution in [-0.4, -0.2) is 11.5 Å². The van der Waals surface area contributed by atoms with Crippen LogP contribution in [0.15, 0.2) is 24.4 Å². The van der Waals surface area contributed by atoms with Gasteiger partial charge in [-0.1, -0.05) is 11.6 Å². The summed E-state index contributed by atoms with van der Waals surface area (Å²) in [4.78, 5) is 4.21. The molecule has 0 atom stereocenters. The first kappa shape index (κ1) is 10.3. The number of hydrogen-bond donors (Lipinski definition) is 1. The highest BCUT2D eigenvalue weighted by Crippen LogP contribution is 2.24. The van der Waals surface area contributed by atoms with Crippen molar-refractivity contribution in [1.82, 2.24) is 4.98 Å². The Morgan fingerprint density at radius 1 is 1.40 bits per heavy atom. The number of halogens is 2. The lowest BCUT2D eigenvalue weighted by molar-refractivity contribution is 0.630. The van der Waals surface area contributed by atoms with E-state index >= 15 is 0 Å². The average molecular weight is 225 g/mol. The summed E-state index contributed by atoms with van der Waals surface area (Å²) in [6, 6.07) is 4.78. The lowest BCUT2D eigenvalue weighted by Crippen LogP contribution is -2.04. The lowest BCUT2D eigenvalue weighted by atomic mass is 10.1. The summed E-state index contributed by atoms with van der Waals surface area (Å²) >= 11 is 5.73. The van der Waals surface area contributed by atoms with E-state index in [1.54, 1.807) is 18.3 Å². The topological polar surface area (TPSA) is 38.9 Å². The summed E-state index contributed by atoms with van der Waals surface area (Å²) in [5.41, 5.74) is 6.33. The summed E-state index contributed by atoms with van der Waals surface area (Å²) in [5, 5.41) is 1.79. The summed E-state index contributed by atoms with van der Waals surface area (Å²) in [6.45, 7) is 0.515. The Kier molecular flexibility index (Phi) is 2.84. The van der Waals surface area contributed by atoms with Crippen LogP contribution in [0.3, 0.4) is 0 Å². The highest BCUT2D eigenvalue weighted by atomic mass is 35.5. The Balaban J connectivity index is 2.68. The van der Waals surface area contributed by atoms with Crippen molar-refractivity contribution in [2.75, 3.05) is 6.54 Å². The third-order valence-corrected chi connectivity index (χ3v) is 2.56. The van der Waals surface area contributed by atoms with Crippen molar-refractivity contribution in [3.05, 3.63) is 40.9 Å². The molecule has 1 aromatic heterocycles. The molecule has 15 heavy (non-hydrogen) atoms. The van der Waals surface area contributed by atoms with E-state index in [2.05, 4.69) is 4.98 Å². The van der Waals surface area contributed by atoms with E-state index in [0.717, 1.165) is 16.5 Å². The smallest absolute Gasteiger partial charge is 0.142 e. The van der Waals surface area contributed by atoms with Gasteiger partial charge in [0.25, 0.3) is 0 Å². The third kappa shape index (κ3) is 1.94. The molecule has 2 nitrogen and oxygen atoms in total. The molecular weight excluding hydrogens is 215 g/mol. The van der Waals surface area contributed by atoms with Gasteiger partial charge in [0, 0.05) is 23.7 Å². The first-order valence-corrected chi connectivity index (χ1v) is 5.03. The number of pyridine rings is 1. The molecule has 0 fully saturated rings. The molecule has 0 saturated heterocycles. The molecular formula is C11H10ClFN2. The van der Waals surface area contributed by atoms with Gasteiger partial charge in [0.1, 0.15) is 5.82 Å². The van der Waals surface area contributed by atoms with Crippen LogP contribution in [0.1, 0.15) is 5.69 Å². The Morgan fingerprint density at radius 3 is 2.93 bits per heavy atom. The largest absolute Gasteiger partial charge is 0.330 e. The normalized spacial score (nSPS) is 10.9. The summed E-state index contributed by atoms with van der Waals surface area (Å²) < 4.78 is 13.2. The highest BCUT2D eigenvalue weighted by Gasteiger charge is 2.06. The van der Waals surface area contributed by atoms with E-state index in [-0.39, 0.29) is 5.02 Å². The molecule has 4 heteroatoms. The van der Waals surface area contributed by atoms with Crippen molar-refractivity contribution in [2.24, 2.45) is 5.73 Å². The standard InChI is InChI=1S/C11H10ClFN2/c12-9-6-8-7(5-10(9)13)2-4-15-11(8)1-3-14/h2,4-6H,1,3,14H2. The summed E-state index contributed by atoms with van der Waals surface area (Å²) in [5.74, 6) is -0.408. The zero-order valence-electron chi connectivity index (χ0n) is 8.00. The van der Waals surface area contributed by atoms with Gasteiger partial charge in [0.05, 0.1) is 5.02 Å². The number of aromatic nitrogens is 1. The van der Waals surface area contributed by atoms with Gasteiger partial charge in [-0.15, -0.1) is 0 Å². The van der Waals surface area contributed by atoms with Gasteiger partial charge in [0.2, 0.25) is 0 Å². The van der Waals surface area contributed by atoms with E-state index in [4.69, 9.17) is 17.3 Å². The first-order chi connectivity index (χ1) is 7.22. The van der Waals surface area contributed by atoms with E-state index in [0.29, 0.717) is 13.0 Å². The van der Waals surface area contributed by atoms with Crippen LogP contribution in [-0.2, 0) is 6.42 Å². The molecule has 2 N–H and O–H groups in total. The second-order valence-electron chi connectivity index (χ2n) is 3.28. The zero-order valence-corrected chi connectivity index (χ0v) is 8.76. The Labute approximate surface area is 91.9 Å². The SMILES string of the molecule is NCCc1nccc2cc(F)c(Cl)cc12. The Bertz CT molecular complexity index is 499. The number of benzene rings is 1. The van der Waals surface area contributed by atoms with Gasteiger partial charge in [0.15, 0.2) is 0 Å². The van der Waals surface area contributed by atoms with Crippen LogP contribution in [0.25, 0.3) is 10.8 Å². The molecule has 0 aliphatic heterocycles. The fourth-order valence-electron chi connectivity index (χ4n) is 1.56. The molecule has 78 valence electrons. The number of nitrogens with zero attached hydrogens (tertiary/aromatic N) is 1. The number of hydrogen-bond acceptors (Lipinski definition) is 2. The van der Waals surface area contributed by atoms with Crippen molar-refractivity contribution in [3.8, 4) is 0 Å². The molecule has 2 rings (SSSR count). The zero-order chi connectivity index (χ0) is 10.8. The van der Waals surface area contributed by atoms with Crippen molar-refractivity contribution >= 4 is 22.4 Å². The van der Waals surface area contributed by atoms with Crippen LogP contribution in [0.5, 0.6) is 0 Å². The Morgan fingerprint density at radius 2 is 2.20 bits per heavy atom. The molecule has 2 aromatic rings. The van der Waals surface area contributed by atoms with Crippen LogP contribution < -0.4 is 5.73 Å². The summed E-state index contributed by atoms with van der Waals surface area (Å²) in [7, 11) is 0. The van der Waals surface area contributed by atoms with Crippen molar-refractivity contribution < 1.29 is 4.39 Å². The average Bonchev–Trinajstić information content (AvgIpc) is 2.21. The number of fused-ring (bicyclic) bond motifs is 1. The van der Waals surface area contributed by atoms with Gasteiger partial charge in [-0.25, -0.2) is 4.39 Å². The molecule has 1 heterocycles. The second kappa shape index (κ2) is 4.13. The minimum absolute atomic E-state index is 0.119. The Hall–Kier alpha value is -1.19. The minimum Gasteiger partial charge on any atom is -0.330 e. The van der Waals surface area contributed by atoms with Crippen molar-refractivity contribution in [3.63, 3.8) is 0 Å². The van der Waals surface area contributed by atoms with Gasteiger partial charge < -0.3 is 5.73 Å². The van der Waals surface area contributed by atoms with Crippen LogP contribution in [0, 0.1) is 5.82 Å². The maximum absolute atomic E-state index is 13.2. The van der Waals surface area contributed by atoms with Crippen LogP contribution in [0.2, 0.25) is 5.02 Å². The maximum atomic E-state index is 13.2. The maximum Gasteiger partial charge on any atom is 0.142 e. The fraction of sp³-hybridized carbons (Fsp3) is 0.182. The van der Waals surface area contributed by atoms with Crippen molar-refractivity contribution in [2.45, 2.75) is 6.42 Å². The number of nitrogens with two attached hydrogens (primary N) is 1. The van der Waals surface area contributed by atoms with Gasteiger partial charge in [-0.2, -0.15) is 0 Å². The third-order valence-electron chi connectivity index (χ3n) is 2.27. The minimum atomic E-state index is -0.408. The van der Waals surface area contributed by atoms with E-state index in [1.807, 2.05) is 0 Å². The molecule has 0 aliphatic carbocycles. The predicted octanol–water partition coefficient (Wildman–Crippen LogP) is 2.53. The van der Waals surface area contributed by atoms with Crippen LogP contribution >= 0.6 is 11.6 Å². The predicted molar refractivity (Wildman–Crippen MR) is 59.5 cm³/mol. The number of rotatable bonds is 2.